The number of hydrogen-bond acceptors (Lipinski definition) is 4. The van der Waals surface area contributed by atoms with Gasteiger partial charge < -0.3 is 5.11 Å². The van der Waals surface area contributed by atoms with E-state index in [4.69, 9.17) is 5.11 Å². The molecule has 0 radical (unpaired) electrons. The fraction of sp³-hybridized carbons (Fsp3) is 0.588. The fourth-order valence-electron chi connectivity index (χ4n) is 2.97. The second kappa shape index (κ2) is 7.63. The lowest BCUT2D eigenvalue weighted by Crippen LogP contribution is -2.54. The molecule has 0 aromatic heterocycles. The summed E-state index contributed by atoms with van der Waals surface area (Å²) in [4.78, 5) is 13.0. The van der Waals surface area contributed by atoms with Gasteiger partial charge in [0.15, 0.2) is 0 Å². The number of aliphatic carboxylic acids is 1. The van der Waals surface area contributed by atoms with E-state index in [1.54, 1.807) is 12.1 Å². The maximum Gasteiger partial charge on any atom is 0.317 e. The highest BCUT2D eigenvalue weighted by Crippen LogP contribution is 2.27. The molecule has 1 aromatic carbocycles. The summed E-state index contributed by atoms with van der Waals surface area (Å²) in [6.45, 7) is 6.68. The van der Waals surface area contributed by atoms with Crippen LogP contribution in [0.3, 0.4) is 0 Å². The molecule has 0 unspecified atom stereocenters. The number of carboxylic acid groups (broad SMARTS) is 1. The third kappa shape index (κ3) is 4.55. The summed E-state index contributed by atoms with van der Waals surface area (Å²) in [6.07, 6.45) is 1.29. The Morgan fingerprint density at radius 1 is 1.29 bits per heavy atom. The highest BCUT2D eigenvalue weighted by molar-refractivity contribution is 7.89. The van der Waals surface area contributed by atoms with Gasteiger partial charge in [0.1, 0.15) is 0 Å². The van der Waals surface area contributed by atoms with E-state index in [1.807, 2.05) is 24.0 Å². The van der Waals surface area contributed by atoms with Crippen molar-refractivity contribution >= 4 is 16.0 Å². The fourth-order valence-corrected chi connectivity index (χ4v) is 4.24. The molecule has 6 nitrogen and oxygen atoms in total. The minimum absolute atomic E-state index is 0.00268. The highest BCUT2D eigenvalue weighted by Gasteiger charge is 2.36. The Hall–Kier alpha value is -1.44. The Balaban J connectivity index is 1.93. The van der Waals surface area contributed by atoms with Crippen LogP contribution in [0.5, 0.6) is 0 Å². The lowest BCUT2D eigenvalue weighted by atomic mass is 9.86. The van der Waals surface area contributed by atoms with Crippen LogP contribution in [0, 0.1) is 0 Å². The SMILES string of the molecule is CCN(CC(=O)O)C1CC(NS(=O)(=O)c2ccc(C(C)C)cc2)C1. The third-order valence-electron chi connectivity index (χ3n) is 4.55. The smallest absolute Gasteiger partial charge is 0.317 e. The summed E-state index contributed by atoms with van der Waals surface area (Å²) in [5, 5.41) is 8.89. The summed E-state index contributed by atoms with van der Waals surface area (Å²) in [5.41, 5.74) is 1.10. The van der Waals surface area contributed by atoms with Crippen molar-refractivity contribution in [3.05, 3.63) is 29.8 Å². The molecule has 24 heavy (non-hydrogen) atoms. The van der Waals surface area contributed by atoms with E-state index in [-0.39, 0.29) is 23.5 Å². The van der Waals surface area contributed by atoms with Crippen molar-refractivity contribution in [3.8, 4) is 0 Å². The van der Waals surface area contributed by atoms with Gasteiger partial charge in [-0.05, 0) is 43.0 Å². The maximum atomic E-state index is 12.4. The van der Waals surface area contributed by atoms with Crippen molar-refractivity contribution in [2.45, 2.75) is 56.5 Å². The van der Waals surface area contributed by atoms with Crippen molar-refractivity contribution < 1.29 is 18.3 Å². The number of hydrogen-bond donors (Lipinski definition) is 2. The summed E-state index contributed by atoms with van der Waals surface area (Å²) in [5.74, 6) is -0.498. The quantitative estimate of drug-likeness (QED) is 0.746. The van der Waals surface area contributed by atoms with Gasteiger partial charge >= 0.3 is 5.97 Å². The van der Waals surface area contributed by atoms with Crippen LogP contribution in [0.25, 0.3) is 0 Å². The molecule has 0 atom stereocenters. The zero-order chi connectivity index (χ0) is 17.9. The highest BCUT2D eigenvalue weighted by atomic mass is 32.2. The van der Waals surface area contributed by atoms with Crippen molar-refractivity contribution in [1.82, 2.24) is 9.62 Å². The molecular weight excluding hydrogens is 328 g/mol. The van der Waals surface area contributed by atoms with Crippen molar-refractivity contribution in [2.24, 2.45) is 0 Å². The number of sulfonamides is 1. The standard InChI is InChI=1S/C17H26N2O4S/c1-4-19(11-17(20)21)15-9-14(10-15)18-24(22,23)16-7-5-13(6-8-16)12(2)3/h5-8,12,14-15,18H,4,9-11H2,1-3H3,(H,20,21). The van der Waals surface area contributed by atoms with Crippen LogP contribution in [-0.4, -0.2) is 49.6 Å². The van der Waals surface area contributed by atoms with Crippen LogP contribution in [0.2, 0.25) is 0 Å². The molecule has 2 rings (SSSR count). The lowest BCUT2D eigenvalue weighted by molar-refractivity contribution is -0.139. The molecule has 0 bridgehead atoms. The molecule has 0 amide bonds. The second-order valence-corrected chi connectivity index (χ2v) is 8.34. The first-order valence-corrected chi connectivity index (χ1v) is 9.79. The Kier molecular flexibility index (Phi) is 6.01. The average Bonchev–Trinajstić information content (AvgIpc) is 2.48. The number of benzene rings is 1. The first kappa shape index (κ1) is 18.9. The minimum atomic E-state index is -3.53. The molecule has 1 fully saturated rings. The molecule has 1 saturated carbocycles. The summed E-state index contributed by atoms with van der Waals surface area (Å²) in [6, 6.07) is 6.95. The number of nitrogens with one attached hydrogen (secondary N) is 1. The Bertz CT molecular complexity index is 664. The van der Waals surface area contributed by atoms with E-state index in [9.17, 15) is 13.2 Å². The number of nitrogens with zero attached hydrogens (tertiary/aromatic N) is 1. The maximum absolute atomic E-state index is 12.4. The number of carbonyl (C=O) groups is 1. The average molecular weight is 354 g/mol. The summed E-state index contributed by atoms with van der Waals surface area (Å²) >= 11 is 0. The van der Waals surface area contributed by atoms with Gasteiger partial charge in [-0.25, -0.2) is 13.1 Å². The molecule has 0 spiro atoms. The molecule has 1 aromatic rings. The first-order chi connectivity index (χ1) is 11.2. The van der Waals surface area contributed by atoms with E-state index >= 15 is 0 Å². The molecule has 1 aliphatic carbocycles. The second-order valence-electron chi connectivity index (χ2n) is 6.62. The van der Waals surface area contributed by atoms with E-state index in [0.29, 0.717) is 25.3 Å². The van der Waals surface area contributed by atoms with Gasteiger partial charge in [0.05, 0.1) is 11.4 Å². The molecule has 2 N–H and O–H groups in total. The zero-order valence-electron chi connectivity index (χ0n) is 14.4. The van der Waals surface area contributed by atoms with Crippen LogP contribution in [-0.2, 0) is 14.8 Å². The van der Waals surface area contributed by atoms with Gasteiger partial charge in [0.25, 0.3) is 0 Å². The normalized spacial score (nSPS) is 21.0. The predicted molar refractivity (Wildman–Crippen MR) is 92.5 cm³/mol. The van der Waals surface area contributed by atoms with Gasteiger partial charge in [-0.2, -0.15) is 0 Å². The Morgan fingerprint density at radius 3 is 2.33 bits per heavy atom. The molecule has 1 aliphatic rings. The molecule has 7 heteroatoms. The molecule has 134 valence electrons. The molecule has 0 heterocycles. The van der Waals surface area contributed by atoms with Crippen LogP contribution in [0.4, 0.5) is 0 Å². The Labute approximate surface area is 143 Å². The summed E-state index contributed by atoms with van der Waals surface area (Å²) < 4.78 is 27.6. The topological polar surface area (TPSA) is 86.7 Å². The zero-order valence-corrected chi connectivity index (χ0v) is 15.2. The van der Waals surface area contributed by atoms with Gasteiger partial charge in [0, 0.05) is 12.1 Å². The van der Waals surface area contributed by atoms with Crippen molar-refractivity contribution in [3.63, 3.8) is 0 Å². The van der Waals surface area contributed by atoms with Crippen LogP contribution in [0.1, 0.15) is 45.1 Å². The summed E-state index contributed by atoms with van der Waals surface area (Å²) in [7, 11) is -3.53. The van der Waals surface area contributed by atoms with Crippen LogP contribution in [0.15, 0.2) is 29.2 Å². The van der Waals surface area contributed by atoms with Crippen LogP contribution < -0.4 is 4.72 Å². The molecule has 0 aliphatic heterocycles. The monoisotopic (exact) mass is 354 g/mol. The van der Waals surface area contributed by atoms with Crippen molar-refractivity contribution in [1.29, 1.82) is 0 Å². The number of rotatable bonds is 8. The van der Waals surface area contributed by atoms with E-state index in [2.05, 4.69) is 18.6 Å². The van der Waals surface area contributed by atoms with E-state index in [0.717, 1.165) is 5.56 Å². The van der Waals surface area contributed by atoms with Gasteiger partial charge in [-0.1, -0.05) is 32.9 Å². The van der Waals surface area contributed by atoms with Gasteiger partial charge in [-0.15, -0.1) is 0 Å². The molecule has 0 saturated heterocycles. The van der Waals surface area contributed by atoms with E-state index in [1.165, 1.54) is 0 Å². The van der Waals surface area contributed by atoms with E-state index < -0.39 is 16.0 Å². The minimum Gasteiger partial charge on any atom is -0.480 e. The first-order valence-electron chi connectivity index (χ1n) is 8.31. The molecular formula is C17H26N2O4S. The third-order valence-corrected chi connectivity index (χ3v) is 6.09. The number of likely N-dealkylation sites (N-methyl/N-ethyl adjacent to an activating group) is 1. The number of carboxylic acids is 1. The van der Waals surface area contributed by atoms with Gasteiger partial charge in [-0.3, -0.25) is 9.69 Å². The predicted octanol–water partition coefficient (Wildman–Crippen LogP) is 2.03. The lowest BCUT2D eigenvalue weighted by Gasteiger charge is -2.42. The van der Waals surface area contributed by atoms with Crippen LogP contribution >= 0.6 is 0 Å². The van der Waals surface area contributed by atoms with Crippen molar-refractivity contribution in [2.75, 3.05) is 13.1 Å². The Morgan fingerprint density at radius 2 is 1.88 bits per heavy atom. The van der Waals surface area contributed by atoms with Gasteiger partial charge in [0.2, 0.25) is 10.0 Å². The largest absolute Gasteiger partial charge is 0.480 e.